The monoisotopic (exact) mass is 356 g/mol. The second-order valence-corrected chi connectivity index (χ2v) is 6.58. The van der Waals surface area contributed by atoms with Gasteiger partial charge in [-0.25, -0.2) is 4.63 Å². The van der Waals surface area contributed by atoms with Crippen LogP contribution < -0.4 is 5.32 Å². The Bertz CT molecular complexity index is 787. The first-order valence-corrected chi connectivity index (χ1v) is 9.05. The zero-order valence-electron chi connectivity index (χ0n) is 15.2. The summed E-state index contributed by atoms with van der Waals surface area (Å²) in [4.78, 5) is 26.6. The second-order valence-electron chi connectivity index (χ2n) is 6.58. The molecule has 1 aliphatic rings. The molecule has 2 heterocycles. The number of carbonyl (C=O) groups is 2. The minimum absolute atomic E-state index is 0.0349. The highest BCUT2D eigenvalue weighted by molar-refractivity contribution is 5.93. The SMILES string of the molecule is CCc1cccc(NC(=O)CCC(=O)N2CCC[C@@H]2c2nonc2C)c1. The topological polar surface area (TPSA) is 88.3 Å². The molecule has 0 radical (unpaired) electrons. The predicted octanol–water partition coefficient (Wildman–Crippen LogP) is 3.02. The van der Waals surface area contributed by atoms with Crippen molar-refractivity contribution in [2.24, 2.45) is 0 Å². The molecular formula is C19H24N4O3. The van der Waals surface area contributed by atoms with E-state index in [9.17, 15) is 9.59 Å². The van der Waals surface area contributed by atoms with E-state index in [4.69, 9.17) is 4.63 Å². The van der Waals surface area contributed by atoms with Gasteiger partial charge >= 0.3 is 0 Å². The number of hydrogen-bond acceptors (Lipinski definition) is 5. The minimum Gasteiger partial charge on any atom is -0.334 e. The number of hydrogen-bond donors (Lipinski definition) is 1. The molecule has 7 nitrogen and oxygen atoms in total. The van der Waals surface area contributed by atoms with Crippen LogP contribution in [0, 0.1) is 6.92 Å². The van der Waals surface area contributed by atoms with Crippen molar-refractivity contribution >= 4 is 17.5 Å². The Hall–Kier alpha value is -2.70. The van der Waals surface area contributed by atoms with Gasteiger partial charge in [-0.15, -0.1) is 0 Å². The van der Waals surface area contributed by atoms with E-state index in [1.165, 1.54) is 0 Å². The quantitative estimate of drug-likeness (QED) is 0.859. The minimum atomic E-state index is -0.151. The van der Waals surface area contributed by atoms with Gasteiger partial charge in [-0.05, 0) is 43.9 Å². The van der Waals surface area contributed by atoms with Crippen molar-refractivity contribution in [2.45, 2.75) is 52.0 Å². The van der Waals surface area contributed by atoms with Crippen LogP contribution in [0.25, 0.3) is 0 Å². The number of likely N-dealkylation sites (tertiary alicyclic amines) is 1. The lowest BCUT2D eigenvalue weighted by Crippen LogP contribution is -2.31. The number of rotatable bonds is 6. The third kappa shape index (κ3) is 4.09. The van der Waals surface area contributed by atoms with Crippen LogP contribution in [0.15, 0.2) is 28.9 Å². The van der Waals surface area contributed by atoms with Crippen molar-refractivity contribution in [1.82, 2.24) is 15.2 Å². The van der Waals surface area contributed by atoms with Crippen LogP contribution in [0.2, 0.25) is 0 Å². The molecule has 7 heteroatoms. The molecule has 0 aliphatic carbocycles. The van der Waals surface area contributed by atoms with E-state index in [1.54, 1.807) is 4.90 Å². The first-order chi connectivity index (χ1) is 12.6. The molecule has 1 N–H and O–H groups in total. The van der Waals surface area contributed by atoms with Crippen molar-refractivity contribution in [3.05, 3.63) is 41.2 Å². The lowest BCUT2D eigenvalue weighted by Gasteiger charge is -2.23. The number of aromatic nitrogens is 2. The Kier molecular flexibility index (Phi) is 5.65. The molecule has 0 saturated carbocycles. The number of amides is 2. The predicted molar refractivity (Wildman–Crippen MR) is 96.4 cm³/mol. The first kappa shape index (κ1) is 18.1. The van der Waals surface area contributed by atoms with Gasteiger partial charge in [0.05, 0.1) is 6.04 Å². The maximum atomic E-state index is 12.6. The van der Waals surface area contributed by atoms with Gasteiger partial charge in [-0.2, -0.15) is 0 Å². The molecule has 2 amide bonds. The summed E-state index contributed by atoms with van der Waals surface area (Å²) >= 11 is 0. The normalized spacial score (nSPS) is 16.7. The Morgan fingerprint density at radius 1 is 1.31 bits per heavy atom. The highest BCUT2D eigenvalue weighted by atomic mass is 16.6. The molecule has 3 rings (SSSR count). The molecule has 0 spiro atoms. The van der Waals surface area contributed by atoms with Crippen LogP contribution in [0.3, 0.4) is 0 Å². The van der Waals surface area contributed by atoms with Crippen LogP contribution in [-0.2, 0) is 16.0 Å². The van der Waals surface area contributed by atoms with Gasteiger partial charge in [-0.1, -0.05) is 29.4 Å². The number of nitrogens with zero attached hydrogens (tertiary/aromatic N) is 3. The number of benzene rings is 1. The molecule has 0 unspecified atom stereocenters. The van der Waals surface area contributed by atoms with Crippen molar-refractivity contribution in [2.75, 3.05) is 11.9 Å². The van der Waals surface area contributed by atoms with Crippen molar-refractivity contribution < 1.29 is 14.2 Å². The fourth-order valence-electron chi connectivity index (χ4n) is 3.35. The van der Waals surface area contributed by atoms with Crippen molar-refractivity contribution in [1.29, 1.82) is 0 Å². The molecule has 0 bridgehead atoms. The largest absolute Gasteiger partial charge is 0.334 e. The van der Waals surface area contributed by atoms with E-state index in [0.29, 0.717) is 12.2 Å². The molecule has 1 atom stereocenters. The van der Waals surface area contributed by atoms with Gasteiger partial charge in [0, 0.05) is 25.1 Å². The molecule has 1 aromatic heterocycles. The van der Waals surface area contributed by atoms with Gasteiger partial charge in [-0.3, -0.25) is 9.59 Å². The van der Waals surface area contributed by atoms with Crippen LogP contribution in [-0.4, -0.2) is 33.6 Å². The summed E-state index contributed by atoms with van der Waals surface area (Å²) in [6.45, 7) is 4.57. The molecule has 2 aromatic rings. The Balaban J connectivity index is 1.54. The summed E-state index contributed by atoms with van der Waals surface area (Å²) in [7, 11) is 0. The Labute approximate surface area is 152 Å². The highest BCUT2D eigenvalue weighted by Crippen LogP contribution is 2.32. The summed E-state index contributed by atoms with van der Waals surface area (Å²) in [5, 5.41) is 10.6. The van der Waals surface area contributed by atoms with E-state index < -0.39 is 0 Å². The smallest absolute Gasteiger partial charge is 0.224 e. The van der Waals surface area contributed by atoms with Gasteiger partial charge in [0.1, 0.15) is 11.4 Å². The molecule has 1 aliphatic heterocycles. The zero-order valence-corrected chi connectivity index (χ0v) is 15.2. The molecule has 1 aromatic carbocycles. The van der Waals surface area contributed by atoms with Crippen LogP contribution in [0.5, 0.6) is 0 Å². The summed E-state index contributed by atoms with van der Waals surface area (Å²) < 4.78 is 4.77. The standard InChI is InChI=1S/C19H24N4O3/c1-3-14-6-4-7-15(12-14)20-17(24)9-10-18(25)23-11-5-8-16(23)19-13(2)21-26-22-19/h4,6-7,12,16H,3,5,8-11H2,1-2H3,(H,20,24)/t16-/m1/s1. The maximum Gasteiger partial charge on any atom is 0.224 e. The van der Waals surface area contributed by atoms with Crippen molar-refractivity contribution in [3.8, 4) is 0 Å². The van der Waals surface area contributed by atoms with E-state index in [1.807, 2.05) is 31.2 Å². The fraction of sp³-hybridized carbons (Fsp3) is 0.474. The third-order valence-corrected chi connectivity index (χ3v) is 4.76. The van der Waals surface area contributed by atoms with Crippen molar-refractivity contribution in [3.63, 3.8) is 0 Å². The van der Waals surface area contributed by atoms with E-state index >= 15 is 0 Å². The Morgan fingerprint density at radius 2 is 2.15 bits per heavy atom. The second kappa shape index (κ2) is 8.12. The number of aryl methyl sites for hydroxylation is 2. The summed E-state index contributed by atoms with van der Waals surface area (Å²) in [5.41, 5.74) is 3.36. The summed E-state index contributed by atoms with van der Waals surface area (Å²) in [5.74, 6) is -0.186. The molecule has 26 heavy (non-hydrogen) atoms. The zero-order chi connectivity index (χ0) is 18.5. The van der Waals surface area contributed by atoms with Gasteiger partial charge in [0.2, 0.25) is 11.8 Å². The molecular weight excluding hydrogens is 332 g/mol. The van der Waals surface area contributed by atoms with Crippen LogP contribution in [0.1, 0.15) is 55.6 Å². The number of anilines is 1. The maximum absolute atomic E-state index is 12.6. The van der Waals surface area contributed by atoms with Crippen LogP contribution in [0.4, 0.5) is 5.69 Å². The van der Waals surface area contributed by atoms with E-state index in [0.717, 1.165) is 36.2 Å². The van der Waals surface area contributed by atoms with Gasteiger partial charge in [0.25, 0.3) is 0 Å². The lowest BCUT2D eigenvalue weighted by molar-refractivity contribution is -0.133. The Morgan fingerprint density at radius 3 is 2.88 bits per heavy atom. The molecule has 1 saturated heterocycles. The van der Waals surface area contributed by atoms with Gasteiger partial charge < -0.3 is 10.2 Å². The average Bonchev–Trinajstić information content (AvgIpc) is 3.28. The summed E-state index contributed by atoms with van der Waals surface area (Å²) in [6, 6.07) is 7.65. The number of nitrogens with one attached hydrogen (secondary N) is 1. The first-order valence-electron chi connectivity index (χ1n) is 9.05. The molecule has 138 valence electrons. The fourth-order valence-corrected chi connectivity index (χ4v) is 3.35. The van der Waals surface area contributed by atoms with E-state index in [-0.39, 0.29) is 30.7 Å². The van der Waals surface area contributed by atoms with E-state index in [2.05, 4.69) is 22.6 Å². The number of carbonyl (C=O) groups excluding carboxylic acids is 2. The average molecular weight is 356 g/mol. The van der Waals surface area contributed by atoms with Gasteiger partial charge in [0.15, 0.2) is 0 Å². The lowest BCUT2D eigenvalue weighted by atomic mass is 10.1. The van der Waals surface area contributed by atoms with Crippen LogP contribution >= 0.6 is 0 Å². The summed E-state index contributed by atoms with van der Waals surface area (Å²) in [6.07, 6.45) is 3.01. The third-order valence-electron chi connectivity index (χ3n) is 4.76. The highest BCUT2D eigenvalue weighted by Gasteiger charge is 2.33. The molecule has 1 fully saturated rings.